The molecule has 1 saturated heterocycles. The van der Waals surface area contributed by atoms with Gasteiger partial charge in [0.05, 0.1) is 12.6 Å². The lowest BCUT2D eigenvalue weighted by atomic mass is 9.95. The van der Waals surface area contributed by atoms with E-state index in [2.05, 4.69) is 11.8 Å². The summed E-state index contributed by atoms with van der Waals surface area (Å²) in [6.07, 6.45) is 3.79. The van der Waals surface area contributed by atoms with E-state index in [4.69, 9.17) is 4.42 Å². The zero-order chi connectivity index (χ0) is 21.7. The molecule has 0 radical (unpaired) electrons. The van der Waals surface area contributed by atoms with Crippen molar-refractivity contribution < 1.29 is 14.0 Å². The molecule has 1 aliphatic rings. The first-order valence-electron chi connectivity index (χ1n) is 11.1. The molecule has 2 heterocycles. The number of benzene rings is 1. The Hall–Kier alpha value is -2.34. The van der Waals surface area contributed by atoms with E-state index in [0.29, 0.717) is 6.54 Å². The molecule has 0 spiro atoms. The van der Waals surface area contributed by atoms with Gasteiger partial charge in [0.15, 0.2) is 0 Å². The number of amides is 2. The summed E-state index contributed by atoms with van der Waals surface area (Å²) in [6, 6.07) is 9.77. The summed E-state index contributed by atoms with van der Waals surface area (Å²) in [5.41, 5.74) is 0.843. The Balaban J connectivity index is 1.49. The number of nitrogens with zero attached hydrogens (tertiary/aromatic N) is 3. The fourth-order valence-electron chi connectivity index (χ4n) is 4.07. The maximum absolute atomic E-state index is 12.9. The molecule has 1 aliphatic heterocycles. The Morgan fingerprint density at radius 1 is 1.20 bits per heavy atom. The number of furan rings is 1. The molecule has 1 fully saturated rings. The van der Waals surface area contributed by atoms with Gasteiger partial charge < -0.3 is 14.2 Å². The van der Waals surface area contributed by atoms with Crippen molar-refractivity contribution in [2.45, 2.75) is 45.6 Å². The third kappa shape index (κ3) is 5.22. The third-order valence-corrected chi connectivity index (χ3v) is 6.35. The Morgan fingerprint density at radius 3 is 2.57 bits per heavy atom. The maximum Gasteiger partial charge on any atom is 0.237 e. The molecule has 0 aliphatic carbocycles. The molecule has 6 nitrogen and oxygen atoms in total. The zero-order valence-corrected chi connectivity index (χ0v) is 18.8. The van der Waals surface area contributed by atoms with E-state index in [0.717, 1.165) is 62.0 Å². The number of carbonyl (C=O) groups excluding carboxylic acids is 2. The summed E-state index contributed by atoms with van der Waals surface area (Å²) in [7, 11) is 3.74. The molecule has 1 atom stereocenters. The Bertz CT molecular complexity index is 821. The van der Waals surface area contributed by atoms with Crippen LogP contribution in [0.25, 0.3) is 11.0 Å². The van der Waals surface area contributed by atoms with E-state index in [1.54, 1.807) is 4.90 Å². The standard InChI is InChI=1S/C24H35N3O3/c1-5-6-13-25(3)24(29)19-11-14-27(15-12-19)17-23(28)26(4)18(2)22-16-20-9-7-8-10-21(20)30-22/h7-10,16,18-19H,5-6,11-15,17H2,1-4H3. The fraction of sp³-hybridized carbons (Fsp3) is 0.583. The van der Waals surface area contributed by atoms with Gasteiger partial charge in [-0.25, -0.2) is 0 Å². The average molecular weight is 414 g/mol. The van der Waals surface area contributed by atoms with Crippen molar-refractivity contribution in [2.24, 2.45) is 5.92 Å². The molecule has 30 heavy (non-hydrogen) atoms. The minimum atomic E-state index is -0.128. The highest BCUT2D eigenvalue weighted by Gasteiger charge is 2.29. The van der Waals surface area contributed by atoms with Crippen molar-refractivity contribution >= 4 is 22.8 Å². The monoisotopic (exact) mass is 413 g/mol. The van der Waals surface area contributed by atoms with E-state index in [9.17, 15) is 9.59 Å². The molecule has 1 aromatic carbocycles. The van der Waals surface area contributed by atoms with Crippen molar-refractivity contribution in [3.05, 3.63) is 36.1 Å². The zero-order valence-electron chi connectivity index (χ0n) is 18.8. The van der Waals surface area contributed by atoms with Gasteiger partial charge in [-0.3, -0.25) is 14.5 Å². The molecular weight excluding hydrogens is 378 g/mol. The molecule has 0 saturated carbocycles. The number of likely N-dealkylation sites (N-methyl/N-ethyl adjacent to an activating group) is 1. The number of fused-ring (bicyclic) bond motifs is 1. The molecule has 164 valence electrons. The summed E-state index contributed by atoms with van der Waals surface area (Å²) in [6.45, 7) is 6.92. The SMILES string of the molecule is CCCCN(C)C(=O)C1CCN(CC(=O)N(C)C(C)c2cc3ccccc3o2)CC1. The van der Waals surface area contributed by atoms with E-state index < -0.39 is 0 Å². The van der Waals surface area contributed by atoms with E-state index in [1.807, 2.05) is 56.3 Å². The molecule has 3 rings (SSSR count). The number of unbranched alkanes of at least 4 members (excludes halogenated alkanes) is 1. The molecule has 1 unspecified atom stereocenters. The van der Waals surface area contributed by atoms with Crippen LogP contribution in [0.2, 0.25) is 0 Å². The summed E-state index contributed by atoms with van der Waals surface area (Å²) in [5, 5.41) is 1.05. The van der Waals surface area contributed by atoms with E-state index in [-0.39, 0.29) is 23.8 Å². The van der Waals surface area contributed by atoms with Crippen LogP contribution < -0.4 is 0 Å². The van der Waals surface area contributed by atoms with Crippen LogP contribution in [-0.4, -0.2) is 66.8 Å². The first-order chi connectivity index (χ1) is 14.4. The summed E-state index contributed by atoms with van der Waals surface area (Å²) in [5.74, 6) is 1.22. The second kappa shape index (κ2) is 10.1. The largest absolute Gasteiger partial charge is 0.459 e. The van der Waals surface area contributed by atoms with Crippen LogP contribution in [0.15, 0.2) is 34.7 Å². The number of piperidine rings is 1. The second-order valence-corrected chi connectivity index (χ2v) is 8.53. The highest BCUT2D eigenvalue weighted by molar-refractivity contribution is 5.80. The maximum atomic E-state index is 12.9. The molecule has 0 N–H and O–H groups in total. The van der Waals surface area contributed by atoms with Crippen LogP contribution in [-0.2, 0) is 9.59 Å². The topological polar surface area (TPSA) is 57.0 Å². The fourth-order valence-corrected chi connectivity index (χ4v) is 4.07. The van der Waals surface area contributed by atoms with Gasteiger partial charge in [0.2, 0.25) is 11.8 Å². The van der Waals surface area contributed by atoms with Crippen molar-refractivity contribution in [1.82, 2.24) is 14.7 Å². The minimum absolute atomic E-state index is 0.0767. The quantitative estimate of drug-likeness (QED) is 0.658. The van der Waals surface area contributed by atoms with Gasteiger partial charge in [-0.15, -0.1) is 0 Å². The average Bonchev–Trinajstić information content (AvgIpc) is 3.20. The minimum Gasteiger partial charge on any atom is -0.459 e. The highest BCUT2D eigenvalue weighted by atomic mass is 16.3. The number of para-hydroxylation sites is 1. The summed E-state index contributed by atoms with van der Waals surface area (Å²) >= 11 is 0. The predicted molar refractivity (Wildman–Crippen MR) is 119 cm³/mol. The molecule has 1 aromatic heterocycles. The first-order valence-corrected chi connectivity index (χ1v) is 11.1. The predicted octanol–water partition coefficient (Wildman–Crippen LogP) is 3.92. The first kappa shape index (κ1) is 22.3. The van der Waals surface area contributed by atoms with Gasteiger partial charge in [0.1, 0.15) is 11.3 Å². The van der Waals surface area contributed by atoms with Gasteiger partial charge >= 0.3 is 0 Å². The number of rotatable bonds is 8. The summed E-state index contributed by atoms with van der Waals surface area (Å²) < 4.78 is 5.93. The highest BCUT2D eigenvalue weighted by Crippen LogP contribution is 2.27. The van der Waals surface area contributed by atoms with E-state index in [1.165, 1.54) is 0 Å². The van der Waals surface area contributed by atoms with Crippen molar-refractivity contribution in [1.29, 1.82) is 0 Å². The molecule has 2 aromatic rings. The van der Waals surface area contributed by atoms with Crippen LogP contribution in [0.4, 0.5) is 0 Å². The summed E-state index contributed by atoms with van der Waals surface area (Å²) in [4.78, 5) is 31.2. The Labute approximate surface area is 179 Å². The molecule has 6 heteroatoms. The van der Waals surface area contributed by atoms with Crippen LogP contribution in [0.3, 0.4) is 0 Å². The normalized spacial score (nSPS) is 16.5. The van der Waals surface area contributed by atoms with Crippen molar-refractivity contribution in [3.8, 4) is 0 Å². The van der Waals surface area contributed by atoms with Gasteiger partial charge in [-0.2, -0.15) is 0 Å². The number of hydrogen-bond acceptors (Lipinski definition) is 4. The van der Waals surface area contributed by atoms with Gasteiger partial charge in [-0.1, -0.05) is 31.5 Å². The number of hydrogen-bond donors (Lipinski definition) is 0. The van der Waals surface area contributed by atoms with Crippen molar-refractivity contribution in [3.63, 3.8) is 0 Å². The third-order valence-electron chi connectivity index (χ3n) is 6.35. The smallest absolute Gasteiger partial charge is 0.237 e. The van der Waals surface area contributed by atoms with Gasteiger partial charge in [0.25, 0.3) is 0 Å². The van der Waals surface area contributed by atoms with Gasteiger partial charge in [-0.05, 0) is 51.4 Å². The number of likely N-dealkylation sites (tertiary alicyclic amines) is 1. The van der Waals surface area contributed by atoms with Gasteiger partial charge in [0, 0.05) is 31.9 Å². The van der Waals surface area contributed by atoms with Crippen LogP contribution in [0, 0.1) is 5.92 Å². The molecule has 0 bridgehead atoms. The lowest BCUT2D eigenvalue weighted by Gasteiger charge is -2.34. The molecular formula is C24H35N3O3. The molecule has 2 amide bonds. The lowest BCUT2D eigenvalue weighted by Crippen LogP contribution is -2.45. The van der Waals surface area contributed by atoms with Crippen LogP contribution in [0.1, 0.15) is 51.3 Å². The van der Waals surface area contributed by atoms with Crippen molar-refractivity contribution in [2.75, 3.05) is 40.3 Å². The van der Waals surface area contributed by atoms with Crippen LogP contribution >= 0.6 is 0 Å². The second-order valence-electron chi connectivity index (χ2n) is 8.53. The number of carbonyl (C=O) groups is 2. The lowest BCUT2D eigenvalue weighted by molar-refractivity contribution is -0.136. The van der Waals surface area contributed by atoms with E-state index >= 15 is 0 Å². The Kier molecular flexibility index (Phi) is 7.53. The Morgan fingerprint density at radius 2 is 1.90 bits per heavy atom. The van der Waals surface area contributed by atoms with Crippen LogP contribution in [0.5, 0.6) is 0 Å².